The van der Waals surface area contributed by atoms with E-state index in [9.17, 15) is 15.0 Å². The summed E-state index contributed by atoms with van der Waals surface area (Å²) in [6.45, 7) is 1.01. The first-order chi connectivity index (χ1) is 10.1. The van der Waals surface area contributed by atoms with Gasteiger partial charge in [0.05, 0.1) is 12.6 Å². The molecule has 21 heavy (non-hydrogen) atoms. The quantitative estimate of drug-likeness (QED) is 0.558. The Bertz CT molecular complexity index is 598. The minimum Gasteiger partial charge on any atom is -0.504 e. The lowest BCUT2D eigenvalue weighted by molar-refractivity contribution is -0.122. The van der Waals surface area contributed by atoms with Gasteiger partial charge in [0.25, 0.3) is 0 Å². The van der Waals surface area contributed by atoms with Crippen LogP contribution < -0.4 is 11.1 Å². The van der Waals surface area contributed by atoms with E-state index in [0.29, 0.717) is 18.7 Å². The Labute approximate surface area is 122 Å². The highest BCUT2D eigenvalue weighted by atomic mass is 16.3. The molecule has 0 fully saturated rings. The van der Waals surface area contributed by atoms with Crippen LogP contribution in [0.4, 0.5) is 0 Å². The summed E-state index contributed by atoms with van der Waals surface area (Å²) < 4.78 is 1.71. The topological polar surface area (TPSA) is 113 Å². The van der Waals surface area contributed by atoms with E-state index < -0.39 is 6.04 Å². The second-order valence-electron chi connectivity index (χ2n) is 4.69. The van der Waals surface area contributed by atoms with Crippen LogP contribution in [0.3, 0.4) is 0 Å². The Morgan fingerprint density at radius 2 is 2.19 bits per heavy atom. The number of amides is 1. The fraction of sp³-hybridized carbons (Fsp3) is 0.286. The van der Waals surface area contributed by atoms with Crippen molar-refractivity contribution in [2.45, 2.75) is 19.0 Å². The highest BCUT2D eigenvalue weighted by Gasteiger charge is 2.14. The summed E-state index contributed by atoms with van der Waals surface area (Å²) in [7, 11) is 0. The first kappa shape index (κ1) is 14.9. The zero-order valence-corrected chi connectivity index (χ0v) is 11.4. The molecule has 112 valence electrons. The Balaban J connectivity index is 1.80. The van der Waals surface area contributed by atoms with Crippen molar-refractivity contribution in [2.24, 2.45) is 5.73 Å². The van der Waals surface area contributed by atoms with Crippen molar-refractivity contribution >= 4 is 5.91 Å². The van der Waals surface area contributed by atoms with Crippen molar-refractivity contribution in [1.82, 2.24) is 15.1 Å². The van der Waals surface area contributed by atoms with Crippen LogP contribution in [0.25, 0.3) is 0 Å². The third kappa shape index (κ3) is 4.22. The van der Waals surface area contributed by atoms with Crippen LogP contribution in [-0.2, 0) is 17.8 Å². The average molecular weight is 290 g/mol. The van der Waals surface area contributed by atoms with Crippen LogP contribution in [0.5, 0.6) is 11.5 Å². The third-order valence-corrected chi connectivity index (χ3v) is 3.03. The Hall–Kier alpha value is -2.54. The van der Waals surface area contributed by atoms with Crippen molar-refractivity contribution in [3.05, 3.63) is 42.2 Å². The van der Waals surface area contributed by atoms with Gasteiger partial charge in [-0.1, -0.05) is 6.07 Å². The highest BCUT2D eigenvalue weighted by molar-refractivity contribution is 5.81. The number of aromatic hydroxyl groups is 2. The van der Waals surface area contributed by atoms with Crippen molar-refractivity contribution in [2.75, 3.05) is 6.54 Å². The predicted octanol–water partition coefficient (Wildman–Crippen LogP) is -0.0195. The van der Waals surface area contributed by atoms with E-state index in [0.717, 1.165) is 0 Å². The number of hydrogen-bond acceptors (Lipinski definition) is 5. The number of nitrogens with two attached hydrogens (primary N) is 1. The number of phenolic OH excluding ortho intramolecular Hbond substituents is 2. The van der Waals surface area contributed by atoms with Gasteiger partial charge >= 0.3 is 0 Å². The highest BCUT2D eigenvalue weighted by Crippen LogP contribution is 2.25. The summed E-state index contributed by atoms with van der Waals surface area (Å²) in [4.78, 5) is 11.9. The van der Waals surface area contributed by atoms with Crippen molar-refractivity contribution in [3.8, 4) is 11.5 Å². The molecule has 0 unspecified atom stereocenters. The molecule has 1 amide bonds. The van der Waals surface area contributed by atoms with Gasteiger partial charge in [0, 0.05) is 18.9 Å². The molecule has 1 aromatic heterocycles. The maximum Gasteiger partial charge on any atom is 0.237 e. The zero-order valence-electron chi connectivity index (χ0n) is 11.4. The molecule has 0 aliphatic heterocycles. The molecule has 0 bridgehead atoms. The van der Waals surface area contributed by atoms with Gasteiger partial charge in [-0.15, -0.1) is 0 Å². The molecule has 1 atom stereocenters. The lowest BCUT2D eigenvalue weighted by atomic mass is 10.1. The molecular formula is C14H18N4O3. The fourth-order valence-electron chi connectivity index (χ4n) is 1.90. The maximum absolute atomic E-state index is 11.9. The minimum absolute atomic E-state index is 0.198. The largest absolute Gasteiger partial charge is 0.504 e. The molecular weight excluding hydrogens is 272 g/mol. The number of hydrogen-bond donors (Lipinski definition) is 4. The van der Waals surface area contributed by atoms with Crippen LogP contribution in [0.15, 0.2) is 36.7 Å². The minimum atomic E-state index is -0.716. The van der Waals surface area contributed by atoms with Crippen molar-refractivity contribution in [1.29, 1.82) is 0 Å². The zero-order chi connectivity index (χ0) is 15.2. The molecule has 5 N–H and O–H groups in total. The Kier molecular flexibility index (Phi) is 4.78. The summed E-state index contributed by atoms with van der Waals surface area (Å²) in [5.41, 5.74) is 6.50. The summed E-state index contributed by atoms with van der Waals surface area (Å²) in [5.74, 6) is -0.690. The monoisotopic (exact) mass is 290 g/mol. The number of rotatable bonds is 6. The average Bonchev–Trinajstić information content (AvgIpc) is 2.96. The van der Waals surface area contributed by atoms with Gasteiger partial charge in [-0.3, -0.25) is 9.48 Å². The molecule has 2 aromatic rings. The molecule has 2 rings (SSSR count). The van der Waals surface area contributed by atoms with Crippen LogP contribution in [-0.4, -0.2) is 38.5 Å². The molecule has 1 heterocycles. The molecule has 7 nitrogen and oxygen atoms in total. The number of benzene rings is 1. The standard InChI is InChI=1S/C14H18N4O3/c15-11(8-10-2-3-12(19)13(20)9-10)14(21)16-5-7-18-6-1-4-17-18/h1-4,6,9,11,19-20H,5,7-8,15H2,(H,16,21)/t11-/m0/s1. The van der Waals surface area contributed by atoms with Gasteiger partial charge in [0.2, 0.25) is 5.91 Å². The number of carbonyl (C=O) groups excluding carboxylic acids is 1. The molecule has 1 aromatic carbocycles. The predicted molar refractivity (Wildman–Crippen MR) is 76.7 cm³/mol. The second kappa shape index (κ2) is 6.76. The SMILES string of the molecule is N[C@@H](Cc1ccc(O)c(O)c1)C(=O)NCCn1cccn1. The number of nitrogens with zero attached hydrogens (tertiary/aromatic N) is 2. The van der Waals surface area contributed by atoms with Gasteiger partial charge in [-0.05, 0) is 30.2 Å². The van der Waals surface area contributed by atoms with Crippen molar-refractivity contribution < 1.29 is 15.0 Å². The number of aromatic nitrogens is 2. The van der Waals surface area contributed by atoms with E-state index in [1.807, 2.05) is 12.3 Å². The molecule has 0 saturated carbocycles. The van der Waals surface area contributed by atoms with Gasteiger partial charge in [0.15, 0.2) is 11.5 Å². The summed E-state index contributed by atoms with van der Waals surface area (Å²) in [6, 6.07) is 5.47. The maximum atomic E-state index is 11.9. The lowest BCUT2D eigenvalue weighted by Crippen LogP contribution is -2.43. The Morgan fingerprint density at radius 1 is 1.38 bits per heavy atom. The molecule has 0 spiro atoms. The second-order valence-corrected chi connectivity index (χ2v) is 4.69. The summed E-state index contributed by atoms with van der Waals surface area (Å²) in [6.07, 6.45) is 3.76. The summed E-state index contributed by atoms with van der Waals surface area (Å²) >= 11 is 0. The van der Waals surface area contributed by atoms with E-state index in [4.69, 9.17) is 5.73 Å². The van der Waals surface area contributed by atoms with Crippen LogP contribution in [0.2, 0.25) is 0 Å². The first-order valence-corrected chi connectivity index (χ1v) is 6.58. The third-order valence-electron chi connectivity index (χ3n) is 3.03. The van der Waals surface area contributed by atoms with Gasteiger partial charge in [-0.25, -0.2) is 0 Å². The normalized spacial score (nSPS) is 12.0. The van der Waals surface area contributed by atoms with Gasteiger partial charge < -0.3 is 21.3 Å². The van der Waals surface area contributed by atoms with E-state index in [1.54, 1.807) is 16.9 Å². The molecule has 0 saturated heterocycles. The molecule has 0 radical (unpaired) electrons. The van der Waals surface area contributed by atoms with Gasteiger partial charge in [0.1, 0.15) is 0 Å². The van der Waals surface area contributed by atoms with Crippen LogP contribution in [0, 0.1) is 0 Å². The smallest absolute Gasteiger partial charge is 0.237 e. The first-order valence-electron chi connectivity index (χ1n) is 6.58. The van der Waals surface area contributed by atoms with Crippen LogP contribution in [0.1, 0.15) is 5.56 Å². The number of carbonyl (C=O) groups is 1. The molecule has 7 heteroatoms. The van der Waals surface area contributed by atoms with E-state index >= 15 is 0 Å². The van der Waals surface area contributed by atoms with E-state index in [1.165, 1.54) is 12.1 Å². The number of phenols is 2. The van der Waals surface area contributed by atoms with Crippen LogP contribution >= 0.6 is 0 Å². The Morgan fingerprint density at radius 3 is 2.86 bits per heavy atom. The lowest BCUT2D eigenvalue weighted by Gasteiger charge is -2.13. The summed E-state index contributed by atoms with van der Waals surface area (Å²) in [5, 5.41) is 25.4. The molecule has 0 aliphatic rings. The van der Waals surface area contributed by atoms with E-state index in [-0.39, 0.29) is 23.8 Å². The fourth-order valence-corrected chi connectivity index (χ4v) is 1.90. The van der Waals surface area contributed by atoms with Crippen molar-refractivity contribution in [3.63, 3.8) is 0 Å². The van der Waals surface area contributed by atoms with Gasteiger partial charge in [-0.2, -0.15) is 5.10 Å². The number of nitrogens with one attached hydrogen (secondary N) is 1. The molecule has 0 aliphatic carbocycles. The van der Waals surface area contributed by atoms with E-state index in [2.05, 4.69) is 10.4 Å².